The minimum Gasteiger partial charge on any atom is -0.479 e. The van der Waals surface area contributed by atoms with E-state index in [-0.39, 0.29) is 18.1 Å². The number of ether oxygens (including phenoxy) is 1. The lowest BCUT2D eigenvalue weighted by Gasteiger charge is -2.09. The maximum absolute atomic E-state index is 13.6. The van der Waals surface area contributed by atoms with Gasteiger partial charge in [0.1, 0.15) is 12.4 Å². The second kappa shape index (κ2) is 7.94. The lowest BCUT2D eigenvalue weighted by atomic mass is 10.2. The zero-order valence-corrected chi connectivity index (χ0v) is 15.2. The van der Waals surface area contributed by atoms with Crippen LogP contribution in [0.5, 0.6) is 5.75 Å². The molecule has 0 spiro atoms. The quantitative estimate of drug-likeness (QED) is 0.380. The summed E-state index contributed by atoms with van der Waals surface area (Å²) in [5.41, 5.74) is 1.53. The van der Waals surface area contributed by atoms with Gasteiger partial charge in [0.2, 0.25) is 29.1 Å². The number of benzene rings is 1. The Morgan fingerprint density at radius 3 is 2.31 bits per heavy atom. The molecule has 0 saturated carbocycles. The molecular formula is C18H14F5N3O3. The molecule has 0 unspecified atom stereocenters. The number of carbonyl (C=O) groups is 1. The van der Waals surface area contributed by atoms with Gasteiger partial charge in [-0.25, -0.2) is 13.2 Å². The van der Waals surface area contributed by atoms with Crippen molar-refractivity contribution in [1.82, 2.24) is 15.1 Å². The van der Waals surface area contributed by atoms with Crippen molar-refractivity contribution < 1.29 is 35.9 Å². The van der Waals surface area contributed by atoms with Crippen molar-refractivity contribution in [1.29, 1.82) is 0 Å². The normalized spacial score (nSPS) is 11.0. The Hall–Kier alpha value is -3.37. The summed E-state index contributed by atoms with van der Waals surface area (Å²) < 4.78 is 78.0. The van der Waals surface area contributed by atoms with Crippen molar-refractivity contribution >= 4 is 5.91 Å². The Morgan fingerprint density at radius 1 is 1.10 bits per heavy atom. The van der Waals surface area contributed by atoms with Crippen LogP contribution in [0.4, 0.5) is 22.0 Å². The number of carbonyl (C=O) groups excluding carboxylic acids is 1. The van der Waals surface area contributed by atoms with Crippen LogP contribution in [-0.2, 0) is 20.2 Å². The zero-order valence-electron chi connectivity index (χ0n) is 15.2. The lowest BCUT2D eigenvalue weighted by molar-refractivity contribution is 0.0918. The van der Waals surface area contributed by atoms with Crippen LogP contribution in [0.2, 0.25) is 0 Å². The molecule has 3 aromatic rings. The number of nitrogens with one attached hydrogen (secondary N) is 1. The fourth-order valence-electron chi connectivity index (χ4n) is 2.52. The third-order valence-electron chi connectivity index (χ3n) is 3.97. The van der Waals surface area contributed by atoms with Gasteiger partial charge >= 0.3 is 0 Å². The predicted molar refractivity (Wildman–Crippen MR) is 88.4 cm³/mol. The Labute approximate surface area is 160 Å². The fraction of sp³-hybridized carbons (Fsp3) is 0.222. The van der Waals surface area contributed by atoms with E-state index in [4.69, 9.17) is 4.42 Å². The van der Waals surface area contributed by atoms with Crippen LogP contribution >= 0.6 is 0 Å². The molecular weight excluding hydrogens is 401 g/mol. The van der Waals surface area contributed by atoms with E-state index in [1.807, 2.05) is 0 Å². The summed E-state index contributed by atoms with van der Waals surface area (Å²) in [7, 11) is 1.74. The first-order chi connectivity index (χ1) is 13.7. The Bertz CT molecular complexity index is 1050. The zero-order chi connectivity index (χ0) is 21.3. The summed E-state index contributed by atoms with van der Waals surface area (Å²) in [6, 6.07) is 2.55. The third-order valence-corrected chi connectivity index (χ3v) is 3.97. The first kappa shape index (κ1) is 20.4. The molecule has 0 radical (unpaired) electrons. The highest BCUT2D eigenvalue weighted by Gasteiger charge is 2.27. The molecule has 1 N–H and O–H groups in total. The molecule has 0 aliphatic heterocycles. The average Bonchev–Trinajstić information content (AvgIpc) is 3.29. The van der Waals surface area contributed by atoms with Gasteiger partial charge in [-0.1, -0.05) is 0 Å². The van der Waals surface area contributed by atoms with Crippen LogP contribution in [0.25, 0.3) is 0 Å². The first-order valence-corrected chi connectivity index (χ1v) is 8.19. The summed E-state index contributed by atoms with van der Waals surface area (Å²) >= 11 is 0. The molecule has 2 heterocycles. The summed E-state index contributed by atoms with van der Waals surface area (Å²) in [4.78, 5) is 12.1. The molecule has 154 valence electrons. The summed E-state index contributed by atoms with van der Waals surface area (Å²) in [5.74, 6) is -12.9. The number of aromatic nitrogens is 2. The van der Waals surface area contributed by atoms with E-state index < -0.39 is 47.3 Å². The molecule has 0 bridgehead atoms. The van der Waals surface area contributed by atoms with Crippen LogP contribution < -0.4 is 10.1 Å². The van der Waals surface area contributed by atoms with E-state index in [9.17, 15) is 26.7 Å². The van der Waals surface area contributed by atoms with Crippen molar-refractivity contribution in [3.8, 4) is 5.75 Å². The van der Waals surface area contributed by atoms with Gasteiger partial charge in [-0.15, -0.1) is 0 Å². The topological polar surface area (TPSA) is 69.3 Å². The Balaban J connectivity index is 1.65. The fourth-order valence-corrected chi connectivity index (χ4v) is 2.52. The van der Waals surface area contributed by atoms with Gasteiger partial charge in [0.15, 0.2) is 11.5 Å². The molecule has 3 rings (SSSR count). The summed E-state index contributed by atoms with van der Waals surface area (Å²) in [5, 5.41) is 6.75. The second-order valence-electron chi connectivity index (χ2n) is 6.05. The van der Waals surface area contributed by atoms with E-state index in [1.54, 1.807) is 24.9 Å². The van der Waals surface area contributed by atoms with Crippen molar-refractivity contribution in [2.75, 3.05) is 0 Å². The molecule has 6 nitrogen and oxygen atoms in total. The van der Waals surface area contributed by atoms with Crippen LogP contribution in [0.15, 0.2) is 22.7 Å². The number of furan rings is 1. The second-order valence-corrected chi connectivity index (χ2v) is 6.05. The third kappa shape index (κ3) is 4.08. The van der Waals surface area contributed by atoms with E-state index in [2.05, 4.69) is 15.2 Å². The highest BCUT2D eigenvalue weighted by atomic mass is 19.2. The minimum atomic E-state index is -2.28. The molecule has 1 amide bonds. The smallest absolute Gasteiger partial charge is 0.287 e. The van der Waals surface area contributed by atoms with Crippen LogP contribution in [0.1, 0.15) is 27.6 Å². The minimum absolute atomic E-state index is 0.0587. The molecule has 29 heavy (non-hydrogen) atoms. The van der Waals surface area contributed by atoms with Gasteiger partial charge in [0, 0.05) is 25.4 Å². The SMILES string of the molecule is Cc1nn(C)cc1CNC(=O)c1ccc(COc2c(F)c(F)c(F)c(F)c2F)o1. The maximum Gasteiger partial charge on any atom is 0.287 e. The molecule has 0 aliphatic carbocycles. The predicted octanol–water partition coefficient (Wildman–Crippen LogP) is 3.53. The van der Waals surface area contributed by atoms with Crippen molar-refractivity contribution in [3.63, 3.8) is 0 Å². The molecule has 11 heteroatoms. The summed E-state index contributed by atoms with van der Waals surface area (Å²) in [6.07, 6.45) is 1.74. The number of hydrogen-bond donors (Lipinski definition) is 1. The number of amides is 1. The molecule has 2 aromatic heterocycles. The standard InChI is InChI=1S/C18H14F5N3O3/c1-8-9(6-26(2)25-8)5-24-18(27)11-4-3-10(29-11)7-28-17-15(22)13(20)12(19)14(21)16(17)23/h3-4,6H,5,7H2,1-2H3,(H,24,27). The van der Waals surface area contributed by atoms with Crippen LogP contribution in [0, 0.1) is 36.0 Å². The highest BCUT2D eigenvalue weighted by molar-refractivity contribution is 5.91. The van der Waals surface area contributed by atoms with Gasteiger partial charge in [-0.3, -0.25) is 9.48 Å². The van der Waals surface area contributed by atoms with E-state index in [1.165, 1.54) is 12.1 Å². The first-order valence-electron chi connectivity index (χ1n) is 8.19. The summed E-state index contributed by atoms with van der Waals surface area (Å²) in [6.45, 7) is 1.31. The largest absolute Gasteiger partial charge is 0.479 e. The van der Waals surface area contributed by atoms with Gasteiger partial charge in [-0.2, -0.15) is 13.9 Å². The molecule has 0 aliphatic rings. The van der Waals surface area contributed by atoms with Crippen LogP contribution in [-0.4, -0.2) is 15.7 Å². The number of rotatable bonds is 6. The molecule has 1 aromatic carbocycles. The van der Waals surface area contributed by atoms with Gasteiger partial charge in [0.05, 0.1) is 5.69 Å². The Kier molecular flexibility index (Phi) is 5.57. The number of nitrogens with zero attached hydrogens (tertiary/aromatic N) is 2. The monoisotopic (exact) mass is 415 g/mol. The number of aryl methyl sites for hydroxylation is 2. The average molecular weight is 415 g/mol. The molecule has 0 fully saturated rings. The van der Waals surface area contributed by atoms with E-state index >= 15 is 0 Å². The van der Waals surface area contributed by atoms with Gasteiger partial charge in [0.25, 0.3) is 5.91 Å². The molecule has 0 atom stereocenters. The number of hydrogen-bond acceptors (Lipinski definition) is 4. The van der Waals surface area contributed by atoms with Crippen molar-refractivity contribution in [2.24, 2.45) is 7.05 Å². The van der Waals surface area contributed by atoms with Gasteiger partial charge in [-0.05, 0) is 19.1 Å². The lowest BCUT2D eigenvalue weighted by Crippen LogP contribution is -2.22. The van der Waals surface area contributed by atoms with E-state index in [0.29, 0.717) is 0 Å². The molecule has 0 saturated heterocycles. The maximum atomic E-state index is 13.6. The Morgan fingerprint density at radius 2 is 1.72 bits per heavy atom. The van der Waals surface area contributed by atoms with Crippen molar-refractivity contribution in [3.05, 3.63) is 70.2 Å². The number of halogens is 5. The van der Waals surface area contributed by atoms with E-state index in [0.717, 1.165) is 11.3 Å². The van der Waals surface area contributed by atoms with Gasteiger partial charge < -0.3 is 14.5 Å². The van der Waals surface area contributed by atoms with Crippen molar-refractivity contribution in [2.45, 2.75) is 20.1 Å². The highest BCUT2D eigenvalue weighted by Crippen LogP contribution is 2.29. The van der Waals surface area contributed by atoms with Crippen LogP contribution in [0.3, 0.4) is 0 Å².